The summed E-state index contributed by atoms with van der Waals surface area (Å²) in [6.07, 6.45) is -2.63. The van der Waals surface area contributed by atoms with Gasteiger partial charge in [0.15, 0.2) is 0 Å². The van der Waals surface area contributed by atoms with E-state index in [1.165, 1.54) is 0 Å². The van der Waals surface area contributed by atoms with Crippen molar-refractivity contribution in [3.05, 3.63) is 35.1 Å². The lowest BCUT2D eigenvalue weighted by Gasteiger charge is -2.26. The van der Waals surface area contributed by atoms with Crippen LogP contribution in [0, 0.1) is 5.82 Å². The Balaban J connectivity index is 1.92. The quantitative estimate of drug-likeness (QED) is 0.744. The molecule has 8 heteroatoms. The maximum atomic E-state index is 13.0. The van der Waals surface area contributed by atoms with Crippen LogP contribution in [0.5, 0.6) is 0 Å². The second kappa shape index (κ2) is 7.16. The number of benzene rings is 1. The van der Waals surface area contributed by atoms with Crippen molar-refractivity contribution in [3.63, 3.8) is 0 Å². The van der Waals surface area contributed by atoms with E-state index in [2.05, 4.69) is 10.6 Å². The molecule has 1 aromatic rings. The first kappa shape index (κ1) is 17.5. The fraction of sp³-hybridized carbons (Fsp3) is 0.533. The van der Waals surface area contributed by atoms with E-state index in [4.69, 9.17) is 0 Å². The molecular formula is C15H18F4N2O2. The first-order chi connectivity index (χ1) is 10.8. The molecule has 1 aliphatic carbocycles. The molecule has 0 aliphatic heterocycles. The minimum atomic E-state index is -4.69. The van der Waals surface area contributed by atoms with Gasteiger partial charge in [0.1, 0.15) is 5.82 Å². The molecule has 0 aromatic heterocycles. The van der Waals surface area contributed by atoms with Crippen LogP contribution in [0.15, 0.2) is 18.2 Å². The van der Waals surface area contributed by atoms with Crippen LogP contribution in [0.2, 0.25) is 0 Å². The number of halogens is 4. The van der Waals surface area contributed by atoms with Gasteiger partial charge < -0.3 is 15.7 Å². The van der Waals surface area contributed by atoms with E-state index in [1.807, 2.05) is 0 Å². The van der Waals surface area contributed by atoms with Crippen LogP contribution in [0.3, 0.4) is 0 Å². The number of carbonyl (C=O) groups excluding carboxylic acids is 1. The Labute approximate surface area is 130 Å². The van der Waals surface area contributed by atoms with Gasteiger partial charge in [0.05, 0.1) is 11.7 Å². The maximum Gasteiger partial charge on any atom is 0.416 e. The molecule has 128 valence electrons. The highest BCUT2D eigenvalue weighted by atomic mass is 19.4. The molecule has 3 N–H and O–H groups in total. The number of nitrogens with one attached hydrogen (secondary N) is 2. The zero-order valence-electron chi connectivity index (χ0n) is 12.3. The molecule has 2 rings (SSSR count). The van der Waals surface area contributed by atoms with E-state index in [0.717, 1.165) is 12.1 Å². The first-order valence-electron chi connectivity index (χ1n) is 7.34. The van der Waals surface area contributed by atoms with Crippen molar-refractivity contribution in [1.82, 2.24) is 10.6 Å². The van der Waals surface area contributed by atoms with Crippen molar-refractivity contribution in [1.29, 1.82) is 0 Å². The van der Waals surface area contributed by atoms with Gasteiger partial charge in [-0.3, -0.25) is 0 Å². The Kier molecular flexibility index (Phi) is 5.46. The largest absolute Gasteiger partial charge is 0.416 e. The summed E-state index contributed by atoms with van der Waals surface area (Å²) in [5.74, 6) is -0.980. The van der Waals surface area contributed by atoms with Crippen LogP contribution >= 0.6 is 0 Å². The lowest BCUT2D eigenvalue weighted by molar-refractivity contribution is -0.138. The molecular weight excluding hydrogens is 316 g/mol. The molecule has 1 saturated carbocycles. The Morgan fingerprint density at radius 3 is 2.48 bits per heavy atom. The second-order valence-corrected chi connectivity index (χ2v) is 5.63. The molecule has 0 atom stereocenters. The molecule has 0 unspecified atom stereocenters. The zero-order valence-corrected chi connectivity index (χ0v) is 12.3. The zero-order chi connectivity index (χ0) is 17.0. The molecule has 2 amide bonds. The smallest absolute Gasteiger partial charge is 0.393 e. The number of hydrogen-bond donors (Lipinski definition) is 3. The molecule has 0 spiro atoms. The van der Waals surface area contributed by atoms with Gasteiger partial charge >= 0.3 is 12.2 Å². The number of carbonyl (C=O) groups is 1. The number of aliphatic hydroxyl groups excluding tert-OH is 1. The van der Waals surface area contributed by atoms with Crippen LogP contribution in [0.1, 0.15) is 36.8 Å². The molecule has 1 aromatic carbocycles. The number of alkyl halides is 3. The van der Waals surface area contributed by atoms with Gasteiger partial charge in [0.25, 0.3) is 0 Å². The van der Waals surface area contributed by atoms with Crippen LogP contribution in [0.4, 0.5) is 22.4 Å². The summed E-state index contributed by atoms with van der Waals surface area (Å²) in [7, 11) is 0. The summed E-state index contributed by atoms with van der Waals surface area (Å²) < 4.78 is 51.5. The highest BCUT2D eigenvalue weighted by Crippen LogP contribution is 2.32. The Hall–Kier alpha value is -1.83. The highest BCUT2D eigenvalue weighted by Gasteiger charge is 2.33. The standard InChI is InChI=1S/C15H18F4N2O2/c16-10-2-1-9(13(7-10)15(17,18)19)8-20-14(23)21-11-3-5-12(22)6-4-11/h1-2,7,11-12,22H,3-6,8H2,(H2,20,21,23). The van der Waals surface area contributed by atoms with Gasteiger partial charge in [0, 0.05) is 12.6 Å². The number of rotatable bonds is 3. The van der Waals surface area contributed by atoms with Crippen molar-refractivity contribution >= 4 is 6.03 Å². The van der Waals surface area contributed by atoms with Crippen LogP contribution < -0.4 is 10.6 Å². The molecule has 4 nitrogen and oxygen atoms in total. The predicted molar refractivity (Wildman–Crippen MR) is 75.0 cm³/mol. The second-order valence-electron chi connectivity index (χ2n) is 5.63. The fourth-order valence-electron chi connectivity index (χ4n) is 2.60. The summed E-state index contributed by atoms with van der Waals surface area (Å²) in [5, 5.41) is 14.4. The van der Waals surface area contributed by atoms with E-state index < -0.39 is 23.6 Å². The van der Waals surface area contributed by atoms with E-state index in [9.17, 15) is 27.5 Å². The predicted octanol–water partition coefficient (Wildman–Crippen LogP) is 2.95. The van der Waals surface area contributed by atoms with Crippen molar-refractivity contribution in [3.8, 4) is 0 Å². The summed E-state index contributed by atoms with van der Waals surface area (Å²) >= 11 is 0. The van der Waals surface area contributed by atoms with E-state index in [-0.39, 0.29) is 24.3 Å². The molecule has 0 bridgehead atoms. The Bertz CT molecular complexity index is 555. The SMILES string of the molecule is O=C(NCc1ccc(F)cc1C(F)(F)F)NC1CCC(O)CC1. The normalized spacial score (nSPS) is 21.8. The third kappa shape index (κ3) is 5.09. The summed E-state index contributed by atoms with van der Waals surface area (Å²) in [4.78, 5) is 11.8. The molecule has 0 heterocycles. The number of aliphatic hydroxyl groups is 1. The molecule has 1 aliphatic rings. The van der Waals surface area contributed by atoms with Crippen LogP contribution in [0.25, 0.3) is 0 Å². The average Bonchev–Trinajstić information content (AvgIpc) is 2.47. The van der Waals surface area contributed by atoms with Gasteiger partial charge in [-0.2, -0.15) is 13.2 Å². The Morgan fingerprint density at radius 2 is 1.87 bits per heavy atom. The van der Waals surface area contributed by atoms with Crippen molar-refractivity contribution < 1.29 is 27.5 Å². The monoisotopic (exact) mass is 334 g/mol. The van der Waals surface area contributed by atoms with E-state index >= 15 is 0 Å². The topological polar surface area (TPSA) is 61.4 Å². The van der Waals surface area contributed by atoms with E-state index in [0.29, 0.717) is 31.7 Å². The maximum absolute atomic E-state index is 13.0. The average molecular weight is 334 g/mol. The molecule has 0 radical (unpaired) electrons. The lowest BCUT2D eigenvalue weighted by Crippen LogP contribution is -2.44. The minimum absolute atomic E-state index is 0.103. The van der Waals surface area contributed by atoms with Gasteiger partial charge in [0.2, 0.25) is 0 Å². The lowest BCUT2D eigenvalue weighted by atomic mass is 9.93. The van der Waals surface area contributed by atoms with Gasteiger partial charge in [-0.1, -0.05) is 6.07 Å². The summed E-state index contributed by atoms with van der Waals surface area (Å²) in [5.41, 5.74) is -1.30. The van der Waals surface area contributed by atoms with E-state index in [1.54, 1.807) is 0 Å². The third-order valence-electron chi connectivity index (χ3n) is 3.85. The molecule has 1 fully saturated rings. The minimum Gasteiger partial charge on any atom is -0.393 e. The van der Waals surface area contributed by atoms with Crippen LogP contribution in [-0.4, -0.2) is 23.3 Å². The molecule has 23 heavy (non-hydrogen) atoms. The highest BCUT2D eigenvalue weighted by molar-refractivity contribution is 5.74. The number of urea groups is 1. The number of hydrogen-bond acceptors (Lipinski definition) is 2. The number of amides is 2. The fourth-order valence-corrected chi connectivity index (χ4v) is 2.60. The summed E-state index contributed by atoms with van der Waals surface area (Å²) in [6.45, 7) is -0.351. The Morgan fingerprint density at radius 1 is 1.22 bits per heavy atom. The van der Waals surface area contributed by atoms with Crippen molar-refractivity contribution in [2.24, 2.45) is 0 Å². The first-order valence-corrected chi connectivity index (χ1v) is 7.34. The third-order valence-corrected chi connectivity index (χ3v) is 3.85. The molecule has 0 saturated heterocycles. The van der Waals surface area contributed by atoms with Crippen molar-refractivity contribution in [2.75, 3.05) is 0 Å². The van der Waals surface area contributed by atoms with Gasteiger partial charge in [-0.05, 0) is 43.4 Å². The van der Waals surface area contributed by atoms with Gasteiger partial charge in [-0.25, -0.2) is 9.18 Å². The van der Waals surface area contributed by atoms with Crippen LogP contribution in [-0.2, 0) is 12.7 Å². The van der Waals surface area contributed by atoms with Crippen molar-refractivity contribution in [2.45, 2.75) is 50.6 Å². The van der Waals surface area contributed by atoms with Gasteiger partial charge in [-0.15, -0.1) is 0 Å². The summed E-state index contributed by atoms with van der Waals surface area (Å²) in [6, 6.07) is 1.66.